The number of unbranched alkanes of at least 4 members (excludes halogenated alkanes) is 3. The van der Waals surface area contributed by atoms with Crippen LogP contribution in [0.15, 0.2) is 0 Å². The maximum Gasteiger partial charge on any atom is 0.336 e. The fraction of sp³-hybridized carbons (Fsp3) is 0.909. The molecule has 0 aromatic heterocycles. The molecule has 0 saturated heterocycles. The standard InChI is InChI=1S/C11H21ClO3/c1-3-5-6-7-8-9(12)10(13)11(14)15-4-2/h9-10,13H,3-8H2,1-2H3/t9-,10-/m1/s1. The molecule has 0 aliphatic carbocycles. The predicted molar refractivity (Wildman–Crippen MR) is 61.0 cm³/mol. The van der Waals surface area contributed by atoms with Crippen molar-refractivity contribution in [3.63, 3.8) is 0 Å². The van der Waals surface area contributed by atoms with Gasteiger partial charge in [-0.15, -0.1) is 11.6 Å². The Bertz CT molecular complexity index is 173. The molecule has 0 saturated carbocycles. The van der Waals surface area contributed by atoms with E-state index < -0.39 is 17.5 Å². The highest BCUT2D eigenvalue weighted by molar-refractivity contribution is 6.22. The van der Waals surface area contributed by atoms with E-state index in [0.717, 1.165) is 19.3 Å². The van der Waals surface area contributed by atoms with Crippen LogP contribution in [0.5, 0.6) is 0 Å². The van der Waals surface area contributed by atoms with Gasteiger partial charge in [0.25, 0.3) is 0 Å². The Kier molecular flexibility index (Phi) is 8.82. The molecule has 2 atom stereocenters. The van der Waals surface area contributed by atoms with Crippen LogP contribution >= 0.6 is 11.6 Å². The molecule has 4 heteroatoms. The first-order valence-corrected chi connectivity index (χ1v) is 6.05. The third-order valence-electron chi connectivity index (χ3n) is 2.20. The number of alkyl halides is 1. The Hall–Kier alpha value is -0.280. The van der Waals surface area contributed by atoms with E-state index in [1.54, 1.807) is 6.92 Å². The predicted octanol–water partition coefficient (Wildman–Crippen LogP) is 2.49. The van der Waals surface area contributed by atoms with Crippen LogP contribution in [0.2, 0.25) is 0 Å². The molecular formula is C11H21ClO3. The van der Waals surface area contributed by atoms with E-state index >= 15 is 0 Å². The van der Waals surface area contributed by atoms with Crippen LogP contribution in [0.1, 0.15) is 46.0 Å². The summed E-state index contributed by atoms with van der Waals surface area (Å²) >= 11 is 5.89. The zero-order chi connectivity index (χ0) is 11.7. The number of hydrogen-bond donors (Lipinski definition) is 1. The molecule has 0 unspecified atom stereocenters. The number of aliphatic hydroxyl groups excluding tert-OH is 1. The second-order valence-electron chi connectivity index (χ2n) is 3.56. The SMILES string of the molecule is CCCCCC[C@@H](Cl)[C@@H](O)C(=O)OCC. The molecule has 0 heterocycles. The molecule has 0 bridgehead atoms. The van der Waals surface area contributed by atoms with Crippen LogP contribution in [0.3, 0.4) is 0 Å². The Labute approximate surface area is 96.8 Å². The maximum absolute atomic E-state index is 11.1. The van der Waals surface area contributed by atoms with Gasteiger partial charge >= 0.3 is 5.97 Å². The molecule has 15 heavy (non-hydrogen) atoms. The number of rotatable bonds is 8. The molecule has 0 spiro atoms. The van der Waals surface area contributed by atoms with E-state index in [1.165, 1.54) is 6.42 Å². The van der Waals surface area contributed by atoms with Crippen molar-refractivity contribution in [2.45, 2.75) is 57.4 Å². The molecule has 0 rings (SSSR count). The summed E-state index contributed by atoms with van der Waals surface area (Å²) in [5, 5.41) is 8.94. The van der Waals surface area contributed by atoms with Gasteiger partial charge in [-0.05, 0) is 13.3 Å². The van der Waals surface area contributed by atoms with Crippen LogP contribution in [0.4, 0.5) is 0 Å². The van der Waals surface area contributed by atoms with Crippen LogP contribution in [-0.2, 0) is 9.53 Å². The number of hydrogen-bond acceptors (Lipinski definition) is 3. The Morgan fingerprint density at radius 3 is 2.53 bits per heavy atom. The molecule has 0 aliphatic rings. The number of esters is 1. The zero-order valence-corrected chi connectivity index (χ0v) is 10.3. The van der Waals surface area contributed by atoms with Crippen molar-refractivity contribution in [1.82, 2.24) is 0 Å². The van der Waals surface area contributed by atoms with Crippen molar-refractivity contribution >= 4 is 17.6 Å². The van der Waals surface area contributed by atoms with Crippen molar-refractivity contribution in [2.75, 3.05) is 6.61 Å². The summed E-state index contributed by atoms with van der Waals surface area (Å²) in [4.78, 5) is 11.1. The summed E-state index contributed by atoms with van der Waals surface area (Å²) in [5.74, 6) is -0.618. The summed E-state index contributed by atoms with van der Waals surface area (Å²) in [6, 6.07) is 0. The lowest BCUT2D eigenvalue weighted by Crippen LogP contribution is -2.32. The number of ether oxygens (including phenoxy) is 1. The van der Waals surface area contributed by atoms with Crippen LogP contribution in [0, 0.1) is 0 Å². The second kappa shape index (κ2) is 8.98. The molecule has 1 N–H and O–H groups in total. The third kappa shape index (κ3) is 6.74. The first-order valence-electron chi connectivity index (χ1n) is 5.62. The summed E-state index contributed by atoms with van der Waals surface area (Å²) < 4.78 is 4.68. The average Bonchev–Trinajstić information content (AvgIpc) is 2.23. The number of carbonyl (C=O) groups is 1. The van der Waals surface area contributed by atoms with Crippen molar-refractivity contribution in [2.24, 2.45) is 0 Å². The Morgan fingerprint density at radius 2 is 2.00 bits per heavy atom. The molecule has 0 radical (unpaired) electrons. The summed E-state index contributed by atoms with van der Waals surface area (Å²) in [5.41, 5.74) is 0. The largest absolute Gasteiger partial charge is 0.464 e. The quantitative estimate of drug-likeness (QED) is 0.400. The lowest BCUT2D eigenvalue weighted by molar-refractivity contribution is -0.153. The Morgan fingerprint density at radius 1 is 1.33 bits per heavy atom. The van der Waals surface area contributed by atoms with Gasteiger partial charge in [0.1, 0.15) is 0 Å². The number of carbonyl (C=O) groups excluding carboxylic acids is 1. The first-order chi connectivity index (χ1) is 7.13. The monoisotopic (exact) mass is 236 g/mol. The average molecular weight is 237 g/mol. The van der Waals surface area contributed by atoms with E-state index in [0.29, 0.717) is 6.42 Å². The molecule has 0 aromatic carbocycles. The second-order valence-corrected chi connectivity index (χ2v) is 4.12. The first kappa shape index (κ1) is 14.7. The van der Waals surface area contributed by atoms with Crippen molar-refractivity contribution in [1.29, 1.82) is 0 Å². The van der Waals surface area contributed by atoms with Crippen molar-refractivity contribution in [3.8, 4) is 0 Å². The van der Waals surface area contributed by atoms with Gasteiger partial charge in [-0.1, -0.05) is 32.6 Å². The Balaban J connectivity index is 3.68. The van der Waals surface area contributed by atoms with Gasteiger partial charge in [-0.3, -0.25) is 0 Å². The van der Waals surface area contributed by atoms with Gasteiger partial charge in [0.05, 0.1) is 12.0 Å². The minimum atomic E-state index is -1.19. The zero-order valence-electron chi connectivity index (χ0n) is 9.54. The van der Waals surface area contributed by atoms with Gasteiger partial charge in [0.15, 0.2) is 6.10 Å². The van der Waals surface area contributed by atoms with Crippen LogP contribution in [0.25, 0.3) is 0 Å². The lowest BCUT2D eigenvalue weighted by atomic mass is 10.1. The minimum Gasteiger partial charge on any atom is -0.464 e. The summed E-state index contributed by atoms with van der Waals surface area (Å²) in [6.45, 7) is 4.11. The molecule has 0 aromatic rings. The highest BCUT2D eigenvalue weighted by Crippen LogP contribution is 2.14. The smallest absolute Gasteiger partial charge is 0.336 e. The van der Waals surface area contributed by atoms with E-state index in [9.17, 15) is 9.90 Å². The van der Waals surface area contributed by atoms with E-state index in [4.69, 9.17) is 11.6 Å². The molecule has 0 aliphatic heterocycles. The van der Waals surface area contributed by atoms with E-state index in [1.807, 2.05) is 0 Å². The molecule has 3 nitrogen and oxygen atoms in total. The topological polar surface area (TPSA) is 46.5 Å². The van der Waals surface area contributed by atoms with Crippen LogP contribution in [-0.4, -0.2) is 29.2 Å². The van der Waals surface area contributed by atoms with E-state index in [-0.39, 0.29) is 6.61 Å². The summed E-state index contributed by atoms with van der Waals surface area (Å²) in [7, 11) is 0. The molecule has 0 amide bonds. The van der Waals surface area contributed by atoms with Gasteiger partial charge in [-0.25, -0.2) is 4.79 Å². The van der Waals surface area contributed by atoms with Gasteiger partial charge in [0.2, 0.25) is 0 Å². The highest BCUT2D eigenvalue weighted by Gasteiger charge is 2.24. The van der Waals surface area contributed by atoms with Gasteiger partial charge in [-0.2, -0.15) is 0 Å². The van der Waals surface area contributed by atoms with E-state index in [2.05, 4.69) is 11.7 Å². The maximum atomic E-state index is 11.1. The number of halogens is 1. The third-order valence-corrected chi connectivity index (χ3v) is 2.66. The molecule has 0 fully saturated rings. The van der Waals surface area contributed by atoms with Crippen molar-refractivity contribution in [3.05, 3.63) is 0 Å². The van der Waals surface area contributed by atoms with Gasteiger partial charge < -0.3 is 9.84 Å². The minimum absolute atomic E-state index is 0.273. The van der Waals surface area contributed by atoms with Crippen molar-refractivity contribution < 1.29 is 14.6 Å². The fourth-order valence-corrected chi connectivity index (χ4v) is 1.56. The number of aliphatic hydroxyl groups is 1. The van der Waals surface area contributed by atoms with Crippen LogP contribution < -0.4 is 0 Å². The molecule has 90 valence electrons. The summed E-state index contributed by atoms with van der Waals surface area (Å²) in [6.07, 6.45) is 3.83. The lowest BCUT2D eigenvalue weighted by Gasteiger charge is -2.15. The fourth-order valence-electron chi connectivity index (χ4n) is 1.30. The highest BCUT2D eigenvalue weighted by atomic mass is 35.5. The van der Waals surface area contributed by atoms with Gasteiger partial charge in [0, 0.05) is 0 Å². The normalized spacial score (nSPS) is 14.7. The molecular weight excluding hydrogens is 216 g/mol.